The third-order valence-electron chi connectivity index (χ3n) is 4.84. The number of hydrogen-bond donors (Lipinski definition) is 2. The Morgan fingerprint density at radius 1 is 1.07 bits per heavy atom. The van der Waals surface area contributed by atoms with E-state index in [1.807, 2.05) is 48.5 Å². The van der Waals surface area contributed by atoms with Crippen LogP contribution in [0.5, 0.6) is 0 Å². The van der Waals surface area contributed by atoms with E-state index in [0.717, 1.165) is 11.1 Å². The van der Waals surface area contributed by atoms with Crippen LogP contribution in [0.1, 0.15) is 36.6 Å². The smallest absolute Gasteiger partial charge is 0.257 e. The van der Waals surface area contributed by atoms with Crippen molar-refractivity contribution in [3.63, 3.8) is 0 Å². The summed E-state index contributed by atoms with van der Waals surface area (Å²) < 4.78 is 28.0. The van der Waals surface area contributed by atoms with Gasteiger partial charge in [0, 0.05) is 10.0 Å². The van der Waals surface area contributed by atoms with Crippen LogP contribution in [0.3, 0.4) is 0 Å². The van der Waals surface area contributed by atoms with Gasteiger partial charge in [-0.05, 0) is 48.7 Å². The highest BCUT2D eigenvalue weighted by molar-refractivity contribution is 7.92. The number of anilines is 2. The summed E-state index contributed by atoms with van der Waals surface area (Å²) in [6.45, 7) is 1.56. The molecule has 29 heavy (non-hydrogen) atoms. The van der Waals surface area contributed by atoms with Crippen molar-refractivity contribution in [1.29, 1.82) is 0 Å². The molecule has 4 rings (SSSR count). The van der Waals surface area contributed by atoms with E-state index in [1.165, 1.54) is 0 Å². The Morgan fingerprint density at radius 3 is 2.24 bits per heavy atom. The highest BCUT2D eigenvalue weighted by Crippen LogP contribution is 2.38. The normalized spacial score (nSPS) is 18.7. The lowest BCUT2D eigenvalue weighted by atomic mass is 9.93. The van der Waals surface area contributed by atoms with E-state index in [2.05, 4.69) is 20.1 Å². The lowest BCUT2D eigenvalue weighted by Crippen LogP contribution is -2.28. The van der Waals surface area contributed by atoms with Crippen molar-refractivity contribution in [2.24, 2.45) is 0 Å². The van der Waals surface area contributed by atoms with Gasteiger partial charge in [-0.25, -0.2) is 17.8 Å². The molecule has 3 aromatic rings. The molecule has 152 valence electrons. The maximum Gasteiger partial charge on any atom is 0.257 e. The quantitative estimate of drug-likeness (QED) is 0.596. The number of benzene rings is 2. The average molecular weight is 452 g/mol. The predicted octanol–water partition coefficient (Wildman–Crippen LogP) is 4.49. The molecule has 0 saturated heterocycles. The summed E-state index contributed by atoms with van der Waals surface area (Å²) in [5, 5.41) is 9.07. The van der Waals surface area contributed by atoms with Gasteiger partial charge in [-0.2, -0.15) is 4.98 Å². The van der Waals surface area contributed by atoms with Gasteiger partial charge in [0.25, 0.3) is 5.95 Å². The van der Waals surface area contributed by atoms with Gasteiger partial charge in [0.05, 0.1) is 17.8 Å². The number of nitrogens with zero attached hydrogens (tertiary/aromatic N) is 3. The summed E-state index contributed by atoms with van der Waals surface area (Å²) >= 11 is 12.1. The molecule has 0 aliphatic carbocycles. The summed E-state index contributed by atoms with van der Waals surface area (Å²) in [6.07, 6.45) is 0.694. The Balaban J connectivity index is 1.74. The molecule has 0 spiro atoms. The summed E-state index contributed by atoms with van der Waals surface area (Å²) in [5.74, 6) is 0.480. The van der Waals surface area contributed by atoms with Gasteiger partial charge in [-0.1, -0.05) is 47.5 Å². The van der Waals surface area contributed by atoms with Crippen LogP contribution in [0.2, 0.25) is 10.0 Å². The molecule has 2 N–H and O–H groups in total. The number of sulfonamides is 1. The lowest BCUT2D eigenvalue weighted by molar-refractivity contribution is 0.431. The molecule has 2 atom stereocenters. The van der Waals surface area contributed by atoms with Crippen molar-refractivity contribution in [3.8, 4) is 0 Å². The van der Waals surface area contributed by atoms with Crippen LogP contribution in [0, 0.1) is 0 Å². The minimum Gasteiger partial charge on any atom is -0.347 e. The second kappa shape index (κ2) is 7.85. The van der Waals surface area contributed by atoms with E-state index in [1.54, 1.807) is 11.6 Å². The molecule has 0 fully saturated rings. The fourth-order valence-electron chi connectivity index (χ4n) is 3.31. The maximum atomic E-state index is 11.9. The molecule has 1 aromatic heterocycles. The molecule has 10 heteroatoms. The Bertz CT molecular complexity index is 1110. The Kier molecular flexibility index (Phi) is 5.42. The standard InChI is InChI=1S/C19H19Cl2N5O2S/c1-2-29(27,28)25-18-23-19-22-16(12-3-7-14(20)8-4-12)11-17(26(19)24-18)13-5-9-15(21)10-6-13/h3-10,16-17H,2,11H2,1H3,(H2,22,23,24,25). The van der Waals surface area contributed by atoms with E-state index in [9.17, 15) is 8.42 Å². The molecule has 1 aliphatic rings. The molecular weight excluding hydrogens is 433 g/mol. The monoisotopic (exact) mass is 451 g/mol. The van der Waals surface area contributed by atoms with Crippen molar-refractivity contribution in [3.05, 3.63) is 69.7 Å². The van der Waals surface area contributed by atoms with Gasteiger partial charge in [-0.3, -0.25) is 0 Å². The molecule has 0 amide bonds. The topological polar surface area (TPSA) is 88.9 Å². The van der Waals surface area contributed by atoms with Crippen LogP contribution in [0.4, 0.5) is 11.9 Å². The first-order valence-electron chi connectivity index (χ1n) is 9.09. The SMILES string of the molecule is CCS(=O)(=O)Nc1nc2n(n1)C(c1ccc(Cl)cc1)CC(c1ccc(Cl)cc1)N2. The fourth-order valence-corrected chi connectivity index (χ4v) is 4.07. The van der Waals surface area contributed by atoms with E-state index < -0.39 is 10.0 Å². The molecule has 0 bridgehead atoms. The minimum atomic E-state index is -3.48. The zero-order valence-electron chi connectivity index (χ0n) is 15.5. The number of rotatable bonds is 5. The van der Waals surface area contributed by atoms with Crippen LogP contribution in [0.25, 0.3) is 0 Å². The number of nitrogens with one attached hydrogen (secondary N) is 2. The number of fused-ring (bicyclic) bond motifs is 1. The van der Waals surface area contributed by atoms with Crippen LogP contribution >= 0.6 is 23.2 Å². The first-order chi connectivity index (χ1) is 13.8. The molecule has 2 aromatic carbocycles. The molecule has 1 aliphatic heterocycles. The van der Waals surface area contributed by atoms with Gasteiger partial charge in [0.2, 0.25) is 16.0 Å². The number of aromatic nitrogens is 3. The summed E-state index contributed by atoms with van der Waals surface area (Å²) in [6, 6.07) is 15.0. The van der Waals surface area contributed by atoms with Gasteiger partial charge in [0.1, 0.15) is 0 Å². The molecule has 7 nitrogen and oxygen atoms in total. The predicted molar refractivity (Wildman–Crippen MR) is 115 cm³/mol. The van der Waals surface area contributed by atoms with Gasteiger partial charge in [0.15, 0.2) is 0 Å². The molecule has 0 saturated carbocycles. The maximum absolute atomic E-state index is 11.9. The van der Waals surface area contributed by atoms with E-state index in [-0.39, 0.29) is 23.8 Å². The van der Waals surface area contributed by atoms with Crippen molar-refractivity contribution < 1.29 is 8.42 Å². The van der Waals surface area contributed by atoms with Crippen molar-refractivity contribution in [2.45, 2.75) is 25.4 Å². The van der Waals surface area contributed by atoms with Crippen LogP contribution in [0.15, 0.2) is 48.5 Å². The van der Waals surface area contributed by atoms with E-state index in [4.69, 9.17) is 23.2 Å². The van der Waals surface area contributed by atoms with Crippen molar-refractivity contribution in [1.82, 2.24) is 14.8 Å². The first kappa shape index (κ1) is 20.0. The average Bonchev–Trinajstić information content (AvgIpc) is 3.10. The number of halogens is 2. The minimum absolute atomic E-state index is 0.0414. The zero-order valence-corrected chi connectivity index (χ0v) is 17.8. The van der Waals surface area contributed by atoms with Crippen molar-refractivity contribution >= 4 is 45.1 Å². The third kappa shape index (κ3) is 4.34. The lowest BCUT2D eigenvalue weighted by Gasteiger charge is -2.31. The summed E-state index contributed by atoms with van der Waals surface area (Å²) in [4.78, 5) is 4.37. The van der Waals surface area contributed by atoms with E-state index >= 15 is 0 Å². The second-order valence-electron chi connectivity index (χ2n) is 6.76. The fraction of sp³-hybridized carbons (Fsp3) is 0.263. The van der Waals surface area contributed by atoms with Crippen LogP contribution < -0.4 is 10.0 Å². The Labute approximate surface area is 179 Å². The Morgan fingerprint density at radius 2 is 1.66 bits per heavy atom. The molecule has 2 heterocycles. The molecule has 0 radical (unpaired) electrons. The number of hydrogen-bond acceptors (Lipinski definition) is 5. The Hall–Kier alpha value is -2.29. The zero-order chi connectivity index (χ0) is 20.6. The van der Waals surface area contributed by atoms with Crippen LogP contribution in [-0.4, -0.2) is 28.9 Å². The van der Waals surface area contributed by atoms with Crippen molar-refractivity contribution in [2.75, 3.05) is 15.8 Å². The summed E-state index contributed by atoms with van der Waals surface area (Å²) in [5.41, 5.74) is 2.06. The molecular formula is C19H19Cl2N5O2S. The van der Waals surface area contributed by atoms with E-state index in [0.29, 0.717) is 22.4 Å². The van der Waals surface area contributed by atoms with Gasteiger partial charge >= 0.3 is 0 Å². The molecule has 2 unspecified atom stereocenters. The van der Waals surface area contributed by atoms with Crippen LogP contribution in [-0.2, 0) is 10.0 Å². The second-order valence-corrected chi connectivity index (χ2v) is 9.64. The largest absolute Gasteiger partial charge is 0.347 e. The van der Waals surface area contributed by atoms with Gasteiger partial charge < -0.3 is 5.32 Å². The third-order valence-corrected chi connectivity index (χ3v) is 6.60. The highest BCUT2D eigenvalue weighted by Gasteiger charge is 2.31. The highest BCUT2D eigenvalue weighted by atomic mass is 35.5. The first-order valence-corrected chi connectivity index (χ1v) is 11.5. The van der Waals surface area contributed by atoms with Gasteiger partial charge in [-0.15, -0.1) is 5.10 Å². The summed E-state index contributed by atoms with van der Waals surface area (Å²) in [7, 11) is -3.48.